The quantitative estimate of drug-likeness (QED) is 0.0205. The zero-order valence-electron chi connectivity index (χ0n) is 57.4. The molecule has 3 unspecified atom stereocenters. The molecule has 0 radical (unpaired) electrons. The summed E-state index contributed by atoms with van der Waals surface area (Å²) in [5.74, 6) is -0.489. The van der Waals surface area contributed by atoms with Gasteiger partial charge in [-0.3, -0.25) is 18.6 Å². The summed E-state index contributed by atoms with van der Waals surface area (Å²) in [5, 5.41) is 3.08. The molecule has 1 amide bonds. The summed E-state index contributed by atoms with van der Waals surface area (Å²) in [4.78, 5) is 37.9. The van der Waals surface area contributed by atoms with Crippen LogP contribution < -0.4 is 5.32 Å². The maximum absolute atomic E-state index is 13.6. The van der Waals surface area contributed by atoms with Crippen molar-refractivity contribution in [2.24, 2.45) is 0 Å². The van der Waals surface area contributed by atoms with Gasteiger partial charge in [0.05, 0.1) is 33.8 Å². The number of nitrogens with one attached hydrogen (secondary N) is 1. The van der Waals surface area contributed by atoms with Crippen LogP contribution in [0, 0.1) is 0 Å². The maximum atomic E-state index is 13.6. The topological polar surface area (TPSA) is 111 Å². The van der Waals surface area contributed by atoms with Crippen molar-refractivity contribution < 1.29 is 37.3 Å². The number of hydrogen-bond donors (Lipinski definition) is 2. The van der Waals surface area contributed by atoms with Gasteiger partial charge in [-0.2, -0.15) is 0 Å². The van der Waals surface area contributed by atoms with E-state index in [0.717, 1.165) is 64.2 Å². The molecule has 0 heterocycles. The van der Waals surface area contributed by atoms with Crippen molar-refractivity contribution >= 4 is 19.7 Å². The number of esters is 1. The first kappa shape index (κ1) is 83.0. The van der Waals surface area contributed by atoms with Crippen LogP contribution in [0.1, 0.15) is 367 Å². The van der Waals surface area contributed by atoms with Crippen molar-refractivity contribution in [3.05, 3.63) is 48.6 Å². The summed E-state index contributed by atoms with van der Waals surface area (Å²) in [6.45, 7) is 7.03. The molecule has 85 heavy (non-hydrogen) atoms. The average Bonchev–Trinajstić information content (AvgIpc) is 3.64. The van der Waals surface area contributed by atoms with Crippen LogP contribution in [0.25, 0.3) is 0 Å². The zero-order chi connectivity index (χ0) is 62.1. The van der Waals surface area contributed by atoms with Crippen molar-refractivity contribution in [2.75, 3.05) is 40.9 Å². The van der Waals surface area contributed by atoms with E-state index >= 15 is 0 Å². The van der Waals surface area contributed by atoms with Gasteiger partial charge in [0.15, 0.2) is 0 Å². The highest BCUT2D eigenvalue weighted by molar-refractivity contribution is 7.47. The standard InChI is InChI=1S/C75H143N2O7P/c1-7-10-13-16-19-22-25-27-29-31-33-35-36-37-38-39-40-42-43-45-47-49-52-55-58-61-64-67-74(78)76-72(71-83-85(80,81)82-70-69-77(4,5)6)73(66-63-60-57-54-51-24-21-18-15-12-9-3)84-75(79)68-65-62-59-56-53-50-48-46-44-41-34-32-30-28-26-23-20-17-14-11-8-2/h19,22,27-30,63,66,72-73H,7-18,20-21,23-26,31-62,64-65,67-71H2,1-6H3,(H-,76,78,80,81)/p+1/b22-19-,29-27-,30-28+,66-63-. The fourth-order valence-electron chi connectivity index (χ4n) is 11.0. The van der Waals surface area contributed by atoms with Gasteiger partial charge in [0, 0.05) is 12.8 Å². The number of rotatable bonds is 68. The van der Waals surface area contributed by atoms with E-state index < -0.39 is 20.0 Å². The molecule has 0 aliphatic heterocycles. The van der Waals surface area contributed by atoms with E-state index in [9.17, 15) is 19.0 Å². The van der Waals surface area contributed by atoms with Crippen LogP contribution in [0.15, 0.2) is 48.6 Å². The number of phosphoric ester groups is 1. The van der Waals surface area contributed by atoms with Gasteiger partial charge in [0.25, 0.3) is 0 Å². The third-order valence-electron chi connectivity index (χ3n) is 16.7. The Morgan fingerprint density at radius 3 is 1.09 bits per heavy atom. The molecule has 9 nitrogen and oxygen atoms in total. The summed E-state index contributed by atoms with van der Waals surface area (Å²) in [5.41, 5.74) is 0. The minimum absolute atomic E-state index is 0.0421. The molecular weight excluding hydrogens is 1070 g/mol. The van der Waals surface area contributed by atoms with E-state index in [4.69, 9.17) is 13.8 Å². The Labute approximate surface area is 529 Å². The molecule has 3 atom stereocenters. The molecule has 0 spiro atoms. The van der Waals surface area contributed by atoms with Crippen LogP contribution in [-0.2, 0) is 27.9 Å². The lowest BCUT2D eigenvalue weighted by atomic mass is 10.0. The number of carbonyl (C=O) groups excluding carboxylic acids is 2. The lowest BCUT2D eigenvalue weighted by Gasteiger charge is -2.27. The molecule has 500 valence electrons. The first-order valence-electron chi connectivity index (χ1n) is 37.0. The Bertz CT molecular complexity index is 1590. The molecule has 0 aliphatic carbocycles. The van der Waals surface area contributed by atoms with E-state index in [0.29, 0.717) is 23.9 Å². The first-order chi connectivity index (χ1) is 41.4. The second-order valence-corrected chi connectivity index (χ2v) is 27.9. The number of quaternary nitrogens is 1. The summed E-state index contributed by atoms with van der Waals surface area (Å²) < 4.78 is 30.8. The van der Waals surface area contributed by atoms with Gasteiger partial charge >= 0.3 is 13.8 Å². The summed E-state index contributed by atoms with van der Waals surface area (Å²) in [7, 11) is 1.51. The van der Waals surface area contributed by atoms with E-state index in [2.05, 4.69) is 62.5 Å². The van der Waals surface area contributed by atoms with E-state index in [1.165, 1.54) is 270 Å². The highest BCUT2D eigenvalue weighted by atomic mass is 31.2. The molecule has 0 aliphatic rings. The van der Waals surface area contributed by atoms with Gasteiger partial charge in [-0.05, 0) is 89.5 Å². The van der Waals surface area contributed by atoms with Crippen molar-refractivity contribution in [1.82, 2.24) is 5.32 Å². The summed E-state index contributed by atoms with van der Waals surface area (Å²) in [6.07, 6.45) is 82.8. The number of carbonyl (C=O) groups is 2. The number of nitrogens with zero attached hydrogens (tertiary/aromatic N) is 1. The first-order valence-corrected chi connectivity index (χ1v) is 38.5. The van der Waals surface area contributed by atoms with Crippen LogP contribution in [0.5, 0.6) is 0 Å². The second-order valence-electron chi connectivity index (χ2n) is 26.5. The average molecular weight is 1220 g/mol. The molecule has 0 aromatic rings. The van der Waals surface area contributed by atoms with Gasteiger partial charge < -0.3 is 19.4 Å². The molecule has 0 aromatic carbocycles. The second kappa shape index (κ2) is 64.9. The fraction of sp³-hybridized carbons (Fsp3) is 0.867. The zero-order valence-corrected chi connectivity index (χ0v) is 58.3. The highest BCUT2D eigenvalue weighted by Crippen LogP contribution is 2.43. The number of amides is 1. The summed E-state index contributed by atoms with van der Waals surface area (Å²) in [6, 6.07) is -0.847. The van der Waals surface area contributed by atoms with Gasteiger partial charge in [-0.1, -0.05) is 314 Å². The largest absolute Gasteiger partial charge is 0.472 e. The number of likely N-dealkylation sites (N-methyl/N-ethyl adjacent to an activating group) is 1. The van der Waals surface area contributed by atoms with Crippen molar-refractivity contribution in [2.45, 2.75) is 380 Å². The smallest absolute Gasteiger partial charge is 0.456 e. The SMILES string of the molecule is CCCCC/C=C\C/C=C\CCCCCCCCCCCCCCCCCCCC(=O)NC(COP(=O)(O)OCC[N+](C)(C)C)C(/C=C\CCCCCCCCCCC)OC(=O)CCCCCCCCCCCCC/C=C/CCCCCCCC. The Balaban J connectivity index is 4.93. The molecule has 0 saturated heterocycles. The number of allylic oxidation sites excluding steroid dienone is 7. The Morgan fingerprint density at radius 2 is 0.718 bits per heavy atom. The predicted molar refractivity (Wildman–Crippen MR) is 369 cm³/mol. The lowest BCUT2D eigenvalue weighted by Crippen LogP contribution is -2.47. The van der Waals surface area contributed by atoms with Crippen LogP contribution in [0.4, 0.5) is 0 Å². The van der Waals surface area contributed by atoms with Crippen molar-refractivity contribution in [3.8, 4) is 0 Å². The van der Waals surface area contributed by atoms with Gasteiger partial charge in [-0.25, -0.2) is 4.57 Å². The maximum Gasteiger partial charge on any atom is 0.472 e. The van der Waals surface area contributed by atoms with E-state index in [1.807, 2.05) is 33.3 Å². The molecule has 0 aromatic heterocycles. The lowest BCUT2D eigenvalue weighted by molar-refractivity contribution is -0.870. The third kappa shape index (κ3) is 66.2. The van der Waals surface area contributed by atoms with Crippen LogP contribution in [0.2, 0.25) is 0 Å². The minimum atomic E-state index is -4.45. The normalized spacial score (nSPS) is 13.7. The fourth-order valence-corrected chi connectivity index (χ4v) is 11.8. The molecule has 0 fully saturated rings. The van der Waals surface area contributed by atoms with E-state index in [-0.39, 0.29) is 25.1 Å². The summed E-state index contributed by atoms with van der Waals surface area (Å²) >= 11 is 0. The van der Waals surface area contributed by atoms with Crippen LogP contribution in [-0.4, -0.2) is 74.3 Å². The number of ether oxygens (including phenoxy) is 1. The minimum Gasteiger partial charge on any atom is -0.456 e. The van der Waals surface area contributed by atoms with Crippen LogP contribution in [0.3, 0.4) is 0 Å². The molecular formula is C75H144N2O7P+. The third-order valence-corrected chi connectivity index (χ3v) is 17.7. The Morgan fingerprint density at radius 1 is 0.412 bits per heavy atom. The molecule has 0 saturated carbocycles. The number of phosphoric acid groups is 1. The van der Waals surface area contributed by atoms with E-state index in [1.54, 1.807) is 0 Å². The number of unbranched alkanes of at least 4 members (excludes halogenated alkanes) is 46. The van der Waals surface area contributed by atoms with Gasteiger partial charge in [0.1, 0.15) is 19.3 Å². The van der Waals surface area contributed by atoms with Gasteiger partial charge in [-0.15, -0.1) is 0 Å². The monoisotopic (exact) mass is 1220 g/mol. The van der Waals surface area contributed by atoms with Crippen molar-refractivity contribution in [1.29, 1.82) is 0 Å². The predicted octanol–water partition coefficient (Wildman–Crippen LogP) is 23.6. The molecule has 10 heteroatoms. The van der Waals surface area contributed by atoms with Crippen LogP contribution >= 0.6 is 7.82 Å². The Kier molecular flexibility index (Phi) is 63.4. The molecule has 2 N–H and O–H groups in total. The highest BCUT2D eigenvalue weighted by Gasteiger charge is 2.30. The van der Waals surface area contributed by atoms with Gasteiger partial charge in [0.2, 0.25) is 5.91 Å². The molecule has 0 bridgehead atoms. The Hall–Kier alpha value is -2.03. The number of hydrogen-bond acceptors (Lipinski definition) is 6. The van der Waals surface area contributed by atoms with Crippen molar-refractivity contribution in [3.63, 3.8) is 0 Å². The molecule has 0 rings (SSSR count).